The Morgan fingerprint density at radius 1 is 1.19 bits per heavy atom. The zero-order valence-corrected chi connectivity index (χ0v) is 14.4. The van der Waals surface area contributed by atoms with Crippen molar-refractivity contribution in [3.63, 3.8) is 0 Å². The van der Waals surface area contributed by atoms with Crippen LogP contribution in [0.15, 0.2) is 54.2 Å². The maximum absolute atomic E-state index is 5.98. The van der Waals surface area contributed by atoms with E-state index in [1.54, 1.807) is 12.5 Å². The molecule has 0 amide bonds. The van der Waals surface area contributed by atoms with Crippen molar-refractivity contribution < 1.29 is 0 Å². The number of rotatable bonds is 3. The molecule has 0 bridgehead atoms. The van der Waals surface area contributed by atoms with E-state index in [9.17, 15) is 0 Å². The number of fused-ring (bicyclic) bond motifs is 1. The van der Waals surface area contributed by atoms with Crippen LogP contribution >= 0.6 is 0 Å². The smallest absolute Gasteiger partial charge is 0.140 e. The Balaban J connectivity index is 1.83. The number of nitrogens with two attached hydrogens (primary N) is 2. The Labute approximate surface area is 151 Å². The molecular weight excluding hydrogens is 326 g/mol. The Morgan fingerprint density at radius 2 is 2.12 bits per heavy atom. The quantitative estimate of drug-likeness (QED) is 0.325. The number of hydrazone groups is 1. The van der Waals surface area contributed by atoms with Crippen molar-refractivity contribution in [3.05, 3.63) is 49.1 Å². The maximum Gasteiger partial charge on any atom is 0.140 e. The van der Waals surface area contributed by atoms with E-state index in [0.717, 1.165) is 53.8 Å². The summed E-state index contributed by atoms with van der Waals surface area (Å²) in [4.78, 5) is 15.6. The predicted octanol–water partition coefficient (Wildman–Crippen LogP) is 2.14. The molecule has 0 aliphatic carbocycles. The van der Waals surface area contributed by atoms with Crippen LogP contribution in [0.1, 0.15) is 12.8 Å². The van der Waals surface area contributed by atoms with Gasteiger partial charge < -0.3 is 16.5 Å². The molecule has 3 heterocycles. The zero-order chi connectivity index (χ0) is 17.9. The van der Waals surface area contributed by atoms with Crippen LogP contribution in [-0.4, -0.2) is 33.9 Å². The molecule has 3 aromatic rings. The molecule has 0 spiro atoms. The molecule has 1 aliphatic heterocycles. The van der Waals surface area contributed by atoms with E-state index in [2.05, 4.69) is 37.1 Å². The molecule has 0 saturated carbocycles. The number of aromatic nitrogens is 3. The summed E-state index contributed by atoms with van der Waals surface area (Å²) in [5.41, 5.74) is 9.02. The lowest BCUT2D eigenvalue weighted by Crippen LogP contribution is -2.42. The van der Waals surface area contributed by atoms with E-state index < -0.39 is 0 Å². The SMILES string of the molecule is N/N=C(\N)C1CCCN(c2ncnc3cccc(-c4cccnc4)c23)C1. The highest BCUT2D eigenvalue weighted by Crippen LogP contribution is 2.34. The van der Waals surface area contributed by atoms with Gasteiger partial charge in [-0.3, -0.25) is 4.98 Å². The predicted molar refractivity (Wildman–Crippen MR) is 104 cm³/mol. The number of piperidine rings is 1. The van der Waals surface area contributed by atoms with Crippen LogP contribution < -0.4 is 16.5 Å². The number of nitrogens with zero attached hydrogens (tertiary/aromatic N) is 5. The average Bonchev–Trinajstić information content (AvgIpc) is 2.73. The molecule has 132 valence electrons. The molecule has 1 atom stereocenters. The highest BCUT2D eigenvalue weighted by molar-refractivity contribution is 6.02. The first-order valence-corrected chi connectivity index (χ1v) is 8.70. The van der Waals surface area contributed by atoms with Gasteiger partial charge in [-0.25, -0.2) is 9.97 Å². The Bertz CT molecular complexity index is 934. The van der Waals surface area contributed by atoms with Gasteiger partial charge in [0.05, 0.1) is 10.9 Å². The number of pyridine rings is 1. The molecule has 1 fully saturated rings. The van der Waals surface area contributed by atoms with Gasteiger partial charge in [0.25, 0.3) is 0 Å². The van der Waals surface area contributed by atoms with Crippen LogP contribution in [0.3, 0.4) is 0 Å². The average molecular weight is 347 g/mol. The van der Waals surface area contributed by atoms with Gasteiger partial charge in [0.15, 0.2) is 0 Å². The molecule has 7 heteroatoms. The Morgan fingerprint density at radius 3 is 2.92 bits per heavy atom. The summed E-state index contributed by atoms with van der Waals surface area (Å²) in [6.07, 6.45) is 7.26. The van der Waals surface area contributed by atoms with Gasteiger partial charge in [-0.2, -0.15) is 5.10 Å². The van der Waals surface area contributed by atoms with Crippen molar-refractivity contribution in [1.82, 2.24) is 15.0 Å². The van der Waals surface area contributed by atoms with E-state index in [0.29, 0.717) is 5.84 Å². The lowest BCUT2D eigenvalue weighted by molar-refractivity contribution is 0.501. The van der Waals surface area contributed by atoms with Crippen molar-refractivity contribution >= 4 is 22.6 Å². The van der Waals surface area contributed by atoms with Crippen LogP contribution in [0.5, 0.6) is 0 Å². The van der Waals surface area contributed by atoms with Gasteiger partial charge in [-0.15, -0.1) is 0 Å². The number of anilines is 1. The summed E-state index contributed by atoms with van der Waals surface area (Å²) >= 11 is 0. The fourth-order valence-electron chi connectivity index (χ4n) is 3.61. The number of hydrogen-bond donors (Lipinski definition) is 2. The van der Waals surface area contributed by atoms with Gasteiger partial charge in [0.1, 0.15) is 18.0 Å². The van der Waals surface area contributed by atoms with E-state index in [1.165, 1.54) is 0 Å². The highest BCUT2D eigenvalue weighted by atomic mass is 15.2. The molecule has 1 aromatic carbocycles. The molecule has 1 saturated heterocycles. The topological polar surface area (TPSA) is 106 Å². The van der Waals surface area contributed by atoms with Crippen molar-refractivity contribution in [2.45, 2.75) is 12.8 Å². The molecular formula is C19H21N7. The summed E-state index contributed by atoms with van der Waals surface area (Å²) in [6, 6.07) is 10.1. The van der Waals surface area contributed by atoms with Crippen LogP contribution in [0, 0.1) is 5.92 Å². The molecule has 0 radical (unpaired) electrons. The Kier molecular flexibility index (Phi) is 4.35. The van der Waals surface area contributed by atoms with Gasteiger partial charge in [-0.1, -0.05) is 18.2 Å². The summed E-state index contributed by atoms with van der Waals surface area (Å²) < 4.78 is 0. The second-order valence-electron chi connectivity index (χ2n) is 6.48. The van der Waals surface area contributed by atoms with Crippen LogP contribution in [0.25, 0.3) is 22.0 Å². The first-order chi connectivity index (χ1) is 12.8. The maximum atomic E-state index is 5.98. The lowest BCUT2D eigenvalue weighted by atomic mass is 9.96. The third-order valence-electron chi connectivity index (χ3n) is 4.90. The number of amidine groups is 1. The minimum absolute atomic E-state index is 0.143. The number of benzene rings is 1. The lowest BCUT2D eigenvalue weighted by Gasteiger charge is -2.33. The van der Waals surface area contributed by atoms with Gasteiger partial charge >= 0.3 is 0 Å². The van der Waals surface area contributed by atoms with Crippen LogP contribution in [0.4, 0.5) is 5.82 Å². The van der Waals surface area contributed by atoms with Gasteiger partial charge in [-0.05, 0) is 30.5 Å². The minimum atomic E-state index is 0.143. The fourth-order valence-corrected chi connectivity index (χ4v) is 3.61. The van der Waals surface area contributed by atoms with Crippen molar-refractivity contribution in [3.8, 4) is 11.1 Å². The Hall–Kier alpha value is -3.22. The van der Waals surface area contributed by atoms with Gasteiger partial charge in [0, 0.05) is 37.0 Å². The van der Waals surface area contributed by atoms with E-state index in [4.69, 9.17) is 11.6 Å². The molecule has 4 N–H and O–H groups in total. The van der Waals surface area contributed by atoms with Crippen LogP contribution in [0.2, 0.25) is 0 Å². The van der Waals surface area contributed by atoms with E-state index in [1.807, 2.05) is 24.4 Å². The molecule has 26 heavy (non-hydrogen) atoms. The van der Waals surface area contributed by atoms with Gasteiger partial charge in [0.2, 0.25) is 0 Å². The minimum Gasteiger partial charge on any atom is -0.385 e. The highest BCUT2D eigenvalue weighted by Gasteiger charge is 2.25. The molecule has 1 aliphatic rings. The molecule has 4 rings (SSSR count). The zero-order valence-electron chi connectivity index (χ0n) is 14.4. The van der Waals surface area contributed by atoms with Crippen molar-refractivity contribution in [1.29, 1.82) is 0 Å². The summed E-state index contributed by atoms with van der Waals surface area (Å²) in [7, 11) is 0. The largest absolute Gasteiger partial charge is 0.385 e. The van der Waals surface area contributed by atoms with Crippen molar-refractivity contribution in [2.24, 2.45) is 22.6 Å². The summed E-state index contributed by atoms with van der Waals surface area (Å²) in [5, 5.41) is 4.73. The van der Waals surface area contributed by atoms with E-state index in [-0.39, 0.29) is 5.92 Å². The molecule has 1 unspecified atom stereocenters. The third-order valence-corrected chi connectivity index (χ3v) is 4.90. The molecule has 2 aromatic heterocycles. The standard InChI is InChI=1S/C19H21N7/c20-18(25-21)14-5-3-9-26(11-14)19-17-15(13-4-2-8-22-10-13)6-1-7-16(17)23-12-24-19/h1-2,4,6-8,10,12,14H,3,5,9,11,21H2,(H2,20,25). The third kappa shape index (κ3) is 2.92. The fraction of sp³-hybridized carbons (Fsp3) is 0.263. The van der Waals surface area contributed by atoms with E-state index >= 15 is 0 Å². The second kappa shape index (κ2) is 6.95. The number of hydrogen-bond acceptors (Lipinski definition) is 6. The first-order valence-electron chi connectivity index (χ1n) is 8.70. The summed E-state index contributed by atoms with van der Waals surface area (Å²) in [6.45, 7) is 1.67. The van der Waals surface area contributed by atoms with Crippen LogP contribution in [-0.2, 0) is 0 Å². The normalized spacial score (nSPS) is 18.2. The molecule has 7 nitrogen and oxygen atoms in total. The van der Waals surface area contributed by atoms with Crippen molar-refractivity contribution in [2.75, 3.05) is 18.0 Å². The monoisotopic (exact) mass is 347 g/mol. The second-order valence-corrected chi connectivity index (χ2v) is 6.48. The summed E-state index contributed by atoms with van der Waals surface area (Å²) in [5.74, 6) is 6.95. The first kappa shape index (κ1) is 16.3.